The SMILES string of the molecule is SCCCn1ccnc1. The lowest BCUT2D eigenvalue weighted by Crippen LogP contribution is -1.93. The first-order chi connectivity index (χ1) is 4.43. The Morgan fingerprint density at radius 1 is 1.56 bits per heavy atom. The van der Waals surface area contributed by atoms with Crippen LogP contribution in [-0.2, 0) is 6.54 Å². The normalized spacial score (nSPS) is 9.89. The first-order valence-electron chi connectivity index (χ1n) is 3.00. The summed E-state index contributed by atoms with van der Waals surface area (Å²) in [4.78, 5) is 3.91. The van der Waals surface area contributed by atoms with E-state index in [9.17, 15) is 0 Å². The van der Waals surface area contributed by atoms with E-state index >= 15 is 0 Å². The number of aromatic nitrogens is 2. The zero-order chi connectivity index (χ0) is 6.53. The first-order valence-corrected chi connectivity index (χ1v) is 3.63. The molecule has 50 valence electrons. The molecule has 0 N–H and O–H groups in total. The minimum atomic E-state index is 0.943. The molecule has 0 spiro atoms. The lowest BCUT2D eigenvalue weighted by molar-refractivity contribution is 0.684. The second-order valence-corrected chi connectivity index (χ2v) is 2.32. The van der Waals surface area contributed by atoms with Gasteiger partial charge in [-0.3, -0.25) is 0 Å². The summed E-state index contributed by atoms with van der Waals surface area (Å²) in [5.41, 5.74) is 0. The summed E-state index contributed by atoms with van der Waals surface area (Å²) < 4.78 is 2.05. The van der Waals surface area contributed by atoms with E-state index in [1.54, 1.807) is 6.20 Å². The van der Waals surface area contributed by atoms with Gasteiger partial charge in [0.15, 0.2) is 0 Å². The highest BCUT2D eigenvalue weighted by Gasteiger charge is 1.85. The Balaban J connectivity index is 2.30. The van der Waals surface area contributed by atoms with Crippen LogP contribution in [0.4, 0.5) is 0 Å². The summed E-state index contributed by atoms with van der Waals surface area (Å²) in [7, 11) is 0. The number of rotatable bonds is 3. The molecule has 3 heteroatoms. The Morgan fingerprint density at radius 3 is 3.00 bits per heavy atom. The summed E-state index contributed by atoms with van der Waals surface area (Å²) in [6, 6.07) is 0. The summed E-state index contributed by atoms with van der Waals surface area (Å²) in [6.45, 7) is 1.03. The fraction of sp³-hybridized carbons (Fsp3) is 0.500. The summed E-state index contributed by atoms with van der Waals surface area (Å²) in [5.74, 6) is 0.943. The van der Waals surface area contributed by atoms with Crippen molar-refractivity contribution in [1.82, 2.24) is 9.55 Å². The van der Waals surface area contributed by atoms with Gasteiger partial charge in [0.05, 0.1) is 6.33 Å². The monoisotopic (exact) mass is 142 g/mol. The van der Waals surface area contributed by atoms with Crippen LogP contribution in [0.3, 0.4) is 0 Å². The van der Waals surface area contributed by atoms with E-state index in [0.29, 0.717) is 0 Å². The molecule has 0 aliphatic rings. The third-order valence-electron chi connectivity index (χ3n) is 1.13. The van der Waals surface area contributed by atoms with Gasteiger partial charge in [0.2, 0.25) is 0 Å². The van der Waals surface area contributed by atoms with Gasteiger partial charge in [0.25, 0.3) is 0 Å². The molecule has 0 atom stereocenters. The lowest BCUT2D eigenvalue weighted by atomic mass is 10.5. The van der Waals surface area contributed by atoms with Crippen LogP contribution in [0.25, 0.3) is 0 Å². The standard InChI is InChI=1S/C6H10N2S/c9-5-1-3-8-4-2-7-6-8/h2,4,6,9H,1,3,5H2. The van der Waals surface area contributed by atoms with Crippen molar-refractivity contribution in [2.24, 2.45) is 0 Å². The summed E-state index contributed by atoms with van der Waals surface area (Å²) in [5, 5.41) is 0. The highest BCUT2D eigenvalue weighted by molar-refractivity contribution is 7.80. The van der Waals surface area contributed by atoms with Crippen molar-refractivity contribution in [2.75, 3.05) is 5.75 Å². The van der Waals surface area contributed by atoms with E-state index in [2.05, 4.69) is 22.2 Å². The van der Waals surface area contributed by atoms with Crippen LogP contribution < -0.4 is 0 Å². The van der Waals surface area contributed by atoms with Crippen molar-refractivity contribution in [2.45, 2.75) is 13.0 Å². The molecule has 0 saturated heterocycles. The van der Waals surface area contributed by atoms with E-state index in [-0.39, 0.29) is 0 Å². The second-order valence-electron chi connectivity index (χ2n) is 1.88. The highest BCUT2D eigenvalue weighted by atomic mass is 32.1. The number of hydrogen-bond acceptors (Lipinski definition) is 2. The molecule has 9 heavy (non-hydrogen) atoms. The fourth-order valence-corrected chi connectivity index (χ4v) is 0.814. The number of thiol groups is 1. The molecule has 1 aromatic heterocycles. The molecular weight excluding hydrogens is 132 g/mol. The molecule has 1 rings (SSSR count). The third-order valence-corrected chi connectivity index (χ3v) is 1.45. The lowest BCUT2D eigenvalue weighted by Gasteiger charge is -1.96. The smallest absolute Gasteiger partial charge is 0.0945 e. The van der Waals surface area contributed by atoms with Crippen LogP contribution >= 0.6 is 12.6 Å². The minimum Gasteiger partial charge on any atom is -0.337 e. The molecule has 2 nitrogen and oxygen atoms in total. The number of imidazole rings is 1. The van der Waals surface area contributed by atoms with Crippen molar-refractivity contribution < 1.29 is 0 Å². The summed E-state index contributed by atoms with van der Waals surface area (Å²) >= 11 is 4.10. The van der Waals surface area contributed by atoms with Crippen molar-refractivity contribution in [1.29, 1.82) is 0 Å². The zero-order valence-electron chi connectivity index (χ0n) is 5.20. The van der Waals surface area contributed by atoms with Gasteiger partial charge >= 0.3 is 0 Å². The molecule has 0 amide bonds. The average Bonchev–Trinajstić information content (AvgIpc) is 2.34. The summed E-state index contributed by atoms with van der Waals surface area (Å²) in [6.07, 6.45) is 6.69. The van der Waals surface area contributed by atoms with Crippen molar-refractivity contribution in [3.05, 3.63) is 18.7 Å². The Hall–Kier alpha value is -0.440. The molecule has 0 unspecified atom stereocenters. The maximum Gasteiger partial charge on any atom is 0.0945 e. The average molecular weight is 142 g/mol. The minimum absolute atomic E-state index is 0.943. The van der Waals surface area contributed by atoms with Crippen LogP contribution in [-0.4, -0.2) is 15.3 Å². The van der Waals surface area contributed by atoms with E-state index in [1.807, 2.05) is 12.5 Å². The van der Waals surface area contributed by atoms with Crippen LogP contribution in [0.15, 0.2) is 18.7 Å². The van der Waals surface area contributed by atoms with Gasteiger partial charge in [-0.25, -0.2) is 4.98 Å². The molecular formula is C6H10N2S. The van der Waals surface area contributed by atoms with Gasteiger partial charge in [-0.2, -0.15) is 12.6 Å². The predicted octanol–water partition coefficient (Wildman–Crippen LogP) is 1.20. The quantitative estimate of drug-likeness (QED) is 0.628. The maximum absolute atomic E-state index is 4.10. The molecule has 0 radical (unpaired) electrons. The van der Waals surface area contributed by atoms with E-state index < -0.39 is 0 Å². The van der Waals surface area contributed by atoms with Crippen molar-refractivity contribution in [3.8, 4) is 0 Å². The van der Waals surface area contributed by atoms with Crippen molar-refractivity contribution in [3.63, 3.8) is 0 Å². The van der Waals surface area contributed by atoms with Gasteiger partial charge in [0, 0.05) is 18.9 Å². The van der Waals surface area contributed by atoms with Gasteiger partial charge in [0.1, 0.15) is 0 Å². The Morgan fingerprint density at radius 2 is 2.44 bits per heavy atom. The largest absolute Gasteiger partial charge is 0.337 e. The number of hydrogen-bond donors (Lipinski definition) is 1. The van der Waals surface area contributed by atoms with Gasteiger partial charge in [-0.15, -0.1) is 0 Å². The van der Waals surface area contributed by atoms with Gasteiger partial charge in [-0.05, 0) is 12.2 Å². The molecule has 1 heterocycles. The number of nitrogens with zero attached hydrogens (tertiary/aromatic N) is 2. The zero-order valence-corrected chi connectivity index (χ0v) is 6.09. The highest BCUT2D eigenvalue weighted by Crippen LogP contribution is 1.90. The van der Waals surface area contributed by atoms with Gasteiger partial charge < -0.3 is 4.57 Å². The molecule has 0 bridgehead atoms. The van der Waals surface area contributed by atoms with E-state index in [0.717, 1.165) is 18.7 Å². The Labute approximate surface area is 60.3 Å². The molecule has 0 aliphatic carbocycles. The predicted molar refractivity (Wildman–Crippen MR) is 40.7 cm³/mol. The maximum atomic E-state index is 4.10. The third kappa shape index (κ3) is 2.10. The molecule has 1 aromatic rings. The van der Waals surface area contributed by atoms with Crippen LogP contribution in [0.1, 0.15) is 6.42 Å². The van der Waals surface area contributed by atoms with E-state index in [4.69, 9.17) is 0 Å². The fourth-order valence-electron chi connectivity index (χ4n) is 0.672. The van der Waals surface area contributed by atoms with Crippen LogP contribution in [0, 0.1) is 0 Å². The molecule has 0 aliphatic heterocycles. The number of aryl methyl sites for hydroxylation is 1. The second kappa shape index (κ2) is 3.56. The van der Waals surface area contributed by atoms with Crippen LogP contribution in [0.2, 0.25) is 0 Å². The topological polar surface area (TPSA) is 17.8 Å². The molecule has 0 aromatic carbocycles. The Kier molecular flexibility index (Phi) is 2.64. The van der Waals surface area contributed by atoms with E-state index in [1.165, 1.54) is 0 Å². The molecule has 0 fully saturated rings. The Bertz CT molecular complexity index is 148. The van der Waals surface area contributed by atoms with Gasteiger partial charge in [-0.1, -0.05) is 0 Å². The molecule has 0 saturated carbocycles. The first kappa shape index (κ1) is 6.68. The van der Waals surface area contributed by atoms with Crippen LogP contribution in [0.5, 0.6) is 0 Å². The van der Waals surface area contributed by atoms with Crippen molar-refractivity contribution >= 4 is 12.6 Å².